The van der Waals surface area contributed by atoms with Crippen LogP contribution in [0.3, 0.4) is 0 Å². The third-order valence-electron chi connectivity index (χ3n) is 6.74. The normalized spacial score (nSPS) is 33.3. The fraction of sp³-hybridized carbons (Fsp3) is 0.455. The number of esters is 1. The molecule has 0 radical (unpaired) electrons. The maximum atomic E-state index is 12.9. The van der Waals surface area contributed by atoms with Crippen LogP contribution in [0.25, 0.3) is 0 Å². The number of likely N-dealkylation sites (tertiary alicyclic amines) is 1. The molecule has 29 heavy (non-hydrogen) atoms. The number of nitrogens with zero attached hydrogens (tertiary/aromatic N) is 1. The number of allylic oxidation sites excluding steroid dienone is 2. The summed E-state index contributed by atoms with van der Waals surface area (Å²) >= 11 is 0. The number of hydrogen-bond donors (Lipinski definition) is 1. The zero-order valence-electron chi connectivity index (χ0n) is 16.0. The van der Waals surface area contributed by atoms with Crippen LogP contribution in [0.4, 0.5) is 5.69 Å². The number of carbonyl (C=O) groups excluding carboxylic acids is 4. The molecule has 7 nitrogen and oxygen atoms in total. The molecular formula is C22H22N2O5. The summed E-state index contributed by atoms with van der Waals surface area (Å²) in [4.78, 5) is 51.1. The van der Waals surface area contributed by atoms with Crippen molar-refractivity contribution in [1.82, 2.24) is 4.90 Å². The van der Waals surface area contributed by atoms with Crippen molar-refractivity contribution in [1.29, 1.82) is 0 Å². The second-order valence-corrected chi connectivity index (χ2v) is 8.26. The monoisotopic (exact) mass is 394 g/mol. The van der Waals surface area contributed by atoms with E-state index in [-0.39, 0.29) is 48.6 Å². The molecule has 1 aromatic carbocycles. The molecule has 0 aromatic heterocycles. The first-order valence-electron chi connectivity index (χ1n) is 10.1. The Balaban J connectivity index is 1.24. The molecule has 6 rings (SSSR count). The summed E-state index contributed by atoms with van der Waals surface area (Å²) in [5.74, 6) is -0.498. The minimum Gasteiger partial charge on any atom is -0.462 e. The van der Waals surface area contributed by atoms with Gasteiger partial charge in [-0.1, -0.05) is 12.2 Å². The van der Waals surface area contributed by atoms with Gasteiger partial charge in [0.05, 0.1) is 24.0 Å². The average Bonchev–Trinajstić information content (AvgIpc) is 3.50. The van der Waals surface area contributed by atoms with Gasteiger partial charge in [-0.05, 0) is 61.3 Å². The van der Waals surface area contributed by atoms with Gasteiger partial charge in [-0.2, -0.15) is 0 Å². The van der Waals surface area contributed by atoms with Gasteiger partial charge in [-0.3, -0.25) is 19.3 Å². The first-order chi connectivity index (χ1) is 14.0. The average molecular weight is 394 g/mol. The van der Waals surface area contributed by atoms with E-state index in [0.29, 0.717) is 23.1 Å². The standard InChI is InChI=1S/C22H22N2O5/c1-2-29-22(28)11-3-5-12(6-4-11)23-17(25)10-24-20(26)18-13-7-8-14(16-9-15(13)16)19(18)21(24)27/h3-8,13-16,18-19H,2,9-10H2,1H3,(H,23,25). The van der Waals surface area contributed by atoms with Gasteiger partial charge in [0.15, 0.2) is 0 Å². The summed E-state index contributed by atoms with van der Waals surface area (Å²) in [5.41, 5.74) is 0.878. The van der Waals surface area contributed by atoms with Crippen molar-refractivity contribution in [3.8, 4) is 0 Å². The van der Waals surface area contributed by atoms with Crippen LogP contribution in [0, 0.1) is 35.5 Å². The zero-order valence-corrected chi connectivity index (χ0v) is 16.0. The molecule has 6 atom stereocenters. The number of ether oxygens (including phenoxy) is 1. The van der Waals surface area contributed by atoms with Gasteiger partial charge < -0.3 is 10.1 Å². The molecule has 3 amide bonds. The van der Waals surface area contributed by atoms with Crippen molar-refractivity contribution in [3.63, 3.8) is 0 Å². The molecule has 0 spiro atoms. The Bertz CT molecular complexity index is 901. The van der Waals surface area contributed by atoms with Crippen molar-refractivity contribution in [2.75, 3.05) is 18.5 Å². The molecule has 2 bridgehead atoms. The van der Waals surface area contributed by atoms with Crippen molar-refractivity contribution < 1.29 is 23.9 Å². The van der Waals surface area contributed by atoms with Crippen LogP contribution in [0.15, 0.2) is 36.4 Å². The van der Waals surface area contributed by atoms with E-state index in [4.69, 9.17) is 4.74 Å². The molecule has 150 valence electrons. The SMILES string of the molecule is CCOC(=O)c1ccc(NC(=O)CN2C(=O)C3C4C=CC(C5CC45)C3C2=O)cc1. The maximum Gasteiger partial charge on any atom is 0.338 e. The molecule has 1 heterocycles. The molecule has 5 aliphatic rings. The summed E-state index contributed by atoms with van der Waals surface area (Å²) in [5, 5.41) is 2.69. The Hall–Kier alpha value is -2.96. The van der Waals surface area contributed by atoms with Gasteiger partial charge in [-0.25, -0.2) is 4.79 Å². The minimum atomic E-state index is -0.431. The molecule has 1 aliphatic heterocycles. The highest BCUT2D eigenvalue weighted by Gasteiger charge is 2.67. The first-order valence-corrected chi connectivity index (χ1v) is 10.1. The first kappa shape index (κ1) is 18.1. The molecule has 1 aromatic rings. The summed E-state index contributed by atoms with van der Waals surface area (Å²) < 4.78 is 4.93. The Kier molecular flexibility index (Phi) is 4.08. The second-order valence-electron chi connectivity index (χ2n) is 8.26. The lowest BCUT2D eigenvalue weighted by Gasteiger charge is -2.37. The molecule has 4 aliphatic carbocycles. The third kappa shape index (κ3) is 2.79. The fourth-order valence-electron chi connectivity index (χ4n) is 5.42. The van der Waals surface area contributed by atoms with E-state index in [1.807, 2.05) is 0 Å². The van der Waals surface area contributed by atoms with Crippen molar-refractivity contribution in [3.05, 3.63) is 42.0 Å². The summed E-state index contributed by atoms with van der Waals surface area (Å²) in [7, 11) is 0. The lowest BCUT2D eigenvalue weighted by Crippen LogP contribution is -2.40. The van der Waals surface area contributed by atoms with Crippen LogP contribution in [-0.2, 0) is 19.1 Å². The molecular weight excluding hydrogens is 372 g/mol. The lowest BCUT2D eigenvalue weighted by molar-refractivity contribution is -0.142. The van der Waals surface area contributed by atoms with E-state index in [0.717, 1.165) is 11.3 Å². The molecule has 1 saturated heterocycles. The quantitative estimate of drug-likeness (QED) is 0.467. The Morgan fingerprint density at radius 1 is 1.03 bits per heavy atom. The molecule has 7 heteroatoms. The van der Waals surface area contributed by atoms with E-state index >= 15 is 0 Å². The zero-order chi connectivity index (χ0) is 20.3. The number of hydrogen-bond acceptors (Lipinski definition) is 5. The number of imide groups is 1. The van der Waals surface area contributed by atoms with Crippen LogP contribution in [-0.4, -0.2) is 41.7 Å². The number of rotatable bonds is 5. The van der Waals surface area contributed by atoms with E-state index in [1.165, 1.54) is 0 Å². The number of benzene rings is 1. The Morgan fingerprint density at radius 3 is 2.17 bits per heavy atom. The van der Waals surface area contributed by atoms with Crippen LogP contribution >= 0.6 is 0 Å². The summed E-state index contributed by atoms with van der Waals surface area (Å²) in [6, 6.07) is 6.30. The van der Waals surface area contributed by atoms with Gasteiger partial charge in [0.1, 0.15) is 6.54 Å². The molecule has 2 saturated carbocycles. The maximum absolute atomic E-state index is 12.9. The number of carbonyl (C=O) groups is 4. The van der Waals surface area contributed by atoms with E-state index in [9.17, 15) is 19.2 Å². The summed E-state index contributed by atoms with van der Waals surface area (Å²) in [6.45, 7) is 1.74. The Morgan fingerprint density at radius 2 is 1.62 bits per heavy atom. The van der Waals surface area contributed by atoms with E-state index in [1.54, 1.807) is 31.2 Å². The second kappa shape index (κ2) is 6.54. The van der Waals surface area contributed by atoms with Crippen molar-refractivity contribution in [2.24, 2.45) is 35.5 Å². The smallest absolute Gasteiger partial charge is 0.338 e. The van der Waals surface area contributed by atoms with Crippen molar-refractivity contribution >= 4 is 29.4 Å². The fourth-order valence-corrected chi connectivity index (χ4v) is 5.42. The van der Waals surface area contributed by atoms with Gasteiger partial charge in [-0.15, -0.1) is 0 Å². The van der Waals surface area contributed by atoms with Gasteiger partial charge in [0.25, 0.3) is 0 Å². The predicted molar refractivity (Wildman–Crippen MR) is 102 cm³/mol. The van der Waals surface area contributed by atoms with Crippen molar-refractivity contribution in [2.45, 2.75) is 13.3 Å². The van der Waals surface area contributed by atoms with E-state index in [2.05, 4.69) is 17.5 Å². The van der Waals surface area contributed by atoms with Gasteiger partial charge in [0, 0.05) is 5.69 Å². The lowest BCUT2D eigenvalue weighted by atomic mass is 9.63. The molecule has 3 fully saturated rings. The minimum absolute atomic E-state index is 0.148. The number of nitrogens with one attached hydrogen (secondary N) is 1. The van der Waals surface area contributed by atoms with Crippen LogP contribution in [0.5, 0.6) is 0 Å². The molecule has 6 unspecified atom stereocenters. The van der Waals surface area contributed by atoms with Gasteiger partial charge in [0.2, 0.25) is 17.7 Å². The van der Waals surface area contributed by atoms with Gasteiger partial charge >= 0.3 is 5.97 Å². The number of amides is 3. The van der Waals surface area contributed by atoms with Crippen LogP contribution in [0.2, 0.25) is 0 Å². The topological polar surface area (TPSA) is 92.8 Å². The van der Waals surface area contributed by atoms with E-state index < -0.39 is 11.9 Å². The summed E-state index contributed by atoms with van der Waals surface area (Å²) in [6.07, 6.45) is 5.33. The number of anilines is 1. The third-order valence-corrected chi connectivity index (χ3v) is 6.74. The largest absolute Gasteiger partial charge is 0.462 e. The predicted octanol–water partition coefficient (Wildman–Crippen LogP) is 1.85. The van der Waals surface area contributed by atoms with Crippen LogP contribution in [0.1, 0.15) is 23.7 Å². The highest BCUT2D eigenvalue weighted by Crippen LogP contribution is 2.65. The highest BCUT2D eigenvalue weighted by atomic mass is 16.5. The van der Waals surface area contributed by atoms with Crippen LogP contribution < -0.4 is 5.32 Å². The Labute approximate surface area is 168 Å². The highest BCUT2D eigenvalue weighted by molar-refractivity contribution is 6.09. The molecule has 1 N–H and O–H groups in total.